The molecule has 4 heteroatoms. The molecule has 0 heterocycles. The Morgan fingerprint density at radius 1 is 1.50 bits per heavy atom. The highest BCUT2D eigenvalue weighted by Crippen LogP contribution is 2.43. The summed E-state index contributed by atoms with van der Waals surface area (Å²) in [5.74, 6) is 0.324. The van der Waals surface area contributed by atoms with Gasteiger partial charge in [-0.25, -0.2) is 4.39 Å². The van der Waals surface area contributed by atoms with E-state index in [0.717, 1.165) is 12.0 Å². The zero-order valence-electron chi connectivity index (χ0n) is 7.87. The number of rotatable bonds is 2. The summed E-state index contributed by atoms with van der Waals surface area (Å²) in [7, 11) is 1.48. The van der Waals surface area contributed by atoms with Gasteiger partial charge in [-0.1, -0.05) is 12.1 Å². The van der Waals surface area contributed by atoms with Gasteiger partial charge >= 0.3 is 0 Å². The highest BCUT2D eigenvalue weighted by Gasteiger charge is 2.37. The standard InChI is InChI=1S/C10H12FNO.ClH/c1-13-10-6(7-5-9(7)12)3-2-4-8(10)11;/h2-4,7,9H,5,12H2,1H3;1H/t7-,9+;/m0./s1. The Balaban J connectivity index is 0.000000980. The van der Waals surface area contributed by atoms with Crippen molar-refractivity contribution in [1.82, 2.24) is 0 Å². The van der Waals surface area contributed by atoms with Crippen molar-refractivity contribution >= 4 is 12.4 Å². The molecule has 0 unspecified atom stereocenters. The predicted molar refractivity (Wildman–Crippen MR) is 55.5 cm³/mol. The number of hydrogen-bond acceptors (Lipinski definition) is 2. The summed E-state index contributed by atoms with van der Waals surface area (Å²) < 4.78 is 18.2. The van der Waals surface area contributed by atoms with Crippen molar-refractivity contribution in [1.29, 1.82) is 0 Å². The average Bonchev–Trinajstić information content (AvgIpc) is 2.82. The second-order valence-electron chi connectivity index (χ2n) is 3.37. The summed E-state index contributed by atoms with van der Waals surface area (Å²) in [6.45, 7) is 0. The van der Waals surface area contributed by atoms with Crippen LogP contribution in [0.1, 0.15) is 17.9 Å². The smallest absolute Gasteiger partial charge is 0.165 e. The van der Waals surface area contributed by atoms with Gasteiger partial charge in [-0.3, -0.25) is 0 Å². The number of hydrogen-bond donors (Lipinski definition) is 1. The number of nitrogens with two attached hydrogens (primary N) is 1. The summed E-state index contributed by atoms with van der Waals surface area (Å²) >= 11 is 0. The van der Waals surface area contributed by atoms with Gasteiger partial charge in [-0.2, -0.15) is 0 Å². The average molecular weight is 218 g/mol. The number of halogens is 2. The normalized spacial score (nSPS) is 23.9. The second kappa shape index (κ2) is 4.15. The first-order chi connectivity index (χ1) is 6.24. The number of benzene rings is 1. The number of methoxy groups -OCH3 is 1. The fraction of sp³-hybridized carbons (Fsp3) is 0.400. The molecule has 2 rings (SSSR count). The van der Waals surface area contributed by atoms with E-state index >= 15 is 0 Å². The van der Waals surface area contributed by atoms with Crippen molar-refractivity contribution < 1.29 is 9.13 Å². The van der Waals surface area contributed by atoms with Gasteiger partial charge in [0.25, 0.3) is 0 Å². The van der Waals surface area contributed by atoms with Gasteiger partial charge in [0.15, 0.2) is 11.6 Å². The minimum atomic E-state index is -0.306. The third kappa shape index (κ3) is 1.83. The summed E-state index contributed by atoms with van der Waals surface area (Å²) in [6, 6.07) is 5.14. The van der Waals surface area contributed by atoms with E-state index in [1.165, 1.54) is 13.2 Å². The third-order valence-electron chi connectivity index (χ3n) is 2.44. The van der Waals surface area contributed by atoms with E-state index < -0.39 is 0 Å². The summed E-state index contributed by atoms with van der Waals surface area (Å²) in [6.07, 6.45) is 0.930. The van der Waals surface area contributed by atoms with E-state index in [0.29, 0.717) is 5.75 Å². The molecule has 1 fully saturated rings. The van der Waals surface area contributed by atoms with Gasteiger partial charge in [0.05, 0.1) is 7.11 Å². The first-order valence-corrected chi connectivity index (χ1v) is 4.32. The lowest BCUT2D eigenvalue weighted by Crippen LogP contribution is -2.02. The van der Waals surface area contributed by atoms with Crippen LogP contribution < -0.4 is 10.5 Å². The monoisotopic (exact) mass is 217 g/mol. The summed E-state index contributed by atoms with van der Waals surface area (Å²) in [5.41, 5.74) is 6.59. The highest BCUT2D eigenvalue weighted by molar-refractivity contribution is 5.85. The zero-order valence-corrected chi connectivity index (χ0v) is 8.68. The fourth-order valence-corrected chi connectivity index (χ4v) is 1.61. The van der Waals surface area contributed by atoms with E-state index in [1.807, 2.05) is 6.07 Å². The Hall–Kier alpha value is -0.800. The minimum absolute atomic E-state index is 0. The van der Waals surface area contributed by atoms with Gasteiger partial charge in [0, 0.05) is 17.5 Å². The molecule has 0 aromatic heterocycles. The molecule has 2 nitrogen and oxygen atoms in total. The number of para-hydroxylation sites is 1. The molecule has 0 amide bonds. The molecule has 2 N–H and O–H groups in total. The van der Waals surface area contributed by atoms with Crippen molar-refractivity contribution in [3.63, 3.8) is 0 Å². The van der Waals surface area contributed by atoms with E-state index in [-0.39, 0.29) is 30.2 Å². The van der Waals surface area contributed by atoms with Crippen LogP contribution in [-0.4, -0.2) is 13.2 Å². The molecule has 0 spiro atoms. The molecule has 1 aromatic rings. The molecule has 0 saturated heterocycles. The topological polar surface area (TPSA) is 35.2 Å². The molecule has 0 bridgehead atoms. The van der Waals surface area contributed by atoms with Gasteiger partial charge in [-0.15, -0.1) is 12.4 Å². The van der Waals surface area contributed by atoms with Gasteiger partial charge in [0.1, 0.15) is 0 Å². The summed E-state index contributed by atoms with van der Waals surface area (Å²) in [5, 5.41) is 0. The first kappa shape index (κ1) is 11.3. The van der Waals surface area contributed by atoms with E-state index in [9.17, 15) is 4.39 Å². The predicted octanol–water partition coefficient (Wildman–Crippen LogP) is 2.07. The van der Waals surface area contributed by atoms with Crippen LogP contribution >= 0.6 is 12.4 Å². The maximum atomic E-state index is 13.2. The van der Waals surface area contributed by atoms with Crippen LogP contribution in [0.2, 0.25) is 0 Å². The van der Waals surface area contributed by atoms with Crippen LogP contribution in [0.4, 0.5) is 4.39 Å². The molecular weight excluding hydrogens is 205 g/mol. The van der Waals surface area contributed by atoms with Crippen LogP contribution in [-0.2, 0) is 0 Å². The van der Waals surface area contributed by atoms with Crippen molar-refractivity contribution in [2.45, 2.75) is 18.4 Å². The van der Waals surface area contributed by atoms with E-state index in [1.54, 1.807) is 6.07 Å². The van der Waals surface area contributed by atoms with Crippen LogP contribution in [0.5, 0.6) is 5.75 Å². The number of ether oxygens (including phenoxy) is 1. The molecule has 14 heavy (non-hydrogen) atoms. The zero-order chi connectivity index (χ0) is 9.42. The van der Waals surface area contributed by atoms with Crippen molar-refractivity contribution in [2.75, 3.05) is 7.11 Å². The van der Waals surface area contributed by atoms with Crippen LogP contribution in [0.15, 0.2) is 18.2 Å². The SMILES string of the molecule is COc1c(F)cccc1[C@@H]1C[C@H]1N.Cl. The Bertz CT molecular complexity index is 332. The first-order valence-electron chi connectivity index (χ1n) is 4.32. The van der Waals surface area contributed by atoms with Crippen LogP contribution in [0, 0.1) is 5.82 Å². The second-order valence-corrected chi connectivity index (χ2v) is 3.37. The molecule has 1 aromatic carbocycles. The largest absolute Gasteiger partial charge is 0.493 e. The molecule has 1 aliphatic carbocycles. The van der Waals surface area contributed by atoms with Crippen molar-refractivity contribution in [3.8, 4) is 5.75 Å². The fourth-order valence-electron chi connectivity index (χ4n) is 1.61. The highest BCUT2D eigenvalue weighted by atomic mass is 35.5. The van der Waals surface area contributed by atoms with Crippen molar-refractivity contribution in [3.05, 3.63) is 29.6 Å². The van der Waals surface area contributed by atoms with E-state index in [2.05, 4.69) is 0 Å². The molecule has 2 atom stereocenters. The molecule has 0 radical (unpaired) electrons. The molecule has 1 saturated carbocycles. The van der Waals surface area contributed by atoms with Crippen LogP contribution in [0.25, 0.3) is 0 Å². The maximum Gasteiger partial charge on any atom is 0.165 e. The minimum Gasteiger partial charge on any atom is -0.493 e. The Morgan fingerprint density at radius 2 is 2.14 bits per heavy atom. The maximum absolute atomic E-state index is 13.2. The Labute approximate surface area is 88.7 Å². The quantitative estimate of drug-likeness (QED) is 0.823. The summed E-state index contributed by atoms with van der Waals surface area (Å²) in [4.78, 5) is 0. The van der Waals surface area contributed by atoms with Crippen molar-refractivity contribution in [2.24, 2.45) is 5.73 Å². The van der Waals surface area contributed by atoms with Gasteiger partial charge in [0.2, 0.25) is 0 Å². The lowest BCUT2D eigenvalue weighted by molar-refractivity contribution is 0.381. The molecule has 0 aliphatic heterocycles. The van der Waals surface area contributed by atoms with Gasteiger partial charge in [-0.05, 0) is 12.5 Å². The molecule has 78 valence electrons. The lowest BCUT2D eigenvalue weighted by atomic mass is 10.1. The Morgan fingerprint density at radius 3 is 2.64 bits per heavy atom. The van der Waals surface area contributed by atoms with Crippen LogP contribution in [0.3, 0.4) is 0 Å². The van der Waals surface area contributed by atoms with E-state index in [4.69, 9.17) is 10.5 Å². The van der Waals surface area contributed by atoms with Gasteiger partial charge < -0.3 is 10.5 Å². The third-order valence-corrected chi connectivity index (χ3v) is 2.44. The molecular formula is C10H13ClFNO. The molecule has 1 aliphatic rings. The Kier molecular flexibility index (Phi) is 3.34. The lowest BCUT2D eigenvalue weighted by Gasteiger charge is -2.07.